The zero-order valence-corrected chi connectivity index (χ0v) is 12.5. The van der Waals surface area contributed by atoms with Crippen molar-refractivity contribution in [1.29, 1.82) is 0 Å². The molecule has 0 atom stereocenters. The van der Waals surface area contributed by atoms with Gasteiger partial charge in [0, 0.05) is 9.49 Å². The number of aromatic nitrogens is 3. The van der Waals surface area contributed by atoms with Crippen LogP contribution in [0.3, 0.4) is 0 Å². The lowest BCUT2D eigenvalue weighted by Gasteiger charge is -2.09. The molecule has 0 saturated heterocycles. The Hall–Kier alpha value is -1.44. The number of carboxylic acids is 1. The first-order valence-corrected chi connectivity index (χ1v) is 7.11. The van der Waals surface area contributed by atoms with Crippen molar-refractivity contribution in [3.8, 4) is 5.69 Å². The molecule has 0 amide bonds. The van der Waals surface area contributed by atoms with Crippen molar-refractivity contribution in [2.45, 2.75) is 25.7 Å². The molecular formula is C13H12IN3O2. The van der Waals surface area contributed by atoms with Crippen LogP contribution in [-0.2, 0) is 0 Å². The van der Waals surface area contributed by atoms with Gasteiger partial charge in [-0.05, 0) is 60.1 Å². The van der Waals surface area contributed by atoms with Crippen molar-refractivity contribution in [2.75, 3.05) is 0 Å². The maximum Gasteiger partial charge on any atom is 0.358 e. The standard InChI is InChI=1S/C13H12IN3O2/c1-7-2-5-9(14)6-10(7)17-12(8-3-4-8)11(13(18)19)15-16-17/h2,5-6,8H,3-4H2,1H3,(H,18,19). The van der Waals surface area contributed by atoms with Crippen LogP contribution in [0.2, 0.25) is 0 Å². The first-order valence-electron chi connectivity index (χ1n) is 6.03. The minimum absolute atomic E-state index is 0.0840. The Morgan fingerprint density at radius 1 is 1.47 bits per heavy atom. The average Bonchev–Trinajstić information content (AvgIpc) is 3.11. The molecule has 1 heterocycles. The van der Waals surface area contributed by atoms with Crippen LogP contribution in [0.4, 0.5) is 0 Å². The fourth-order valence-electron chi connectivity index (χ4n) is 2.15. The zero-order valence-electron chi connectivity index (χ0n) is 10.3. The molecule has 0 radical (unpaired) electrons. The molecule has 3 rings (SSSR count). The Labute approximate surface area is 123 Å². The zero-order chi connectivity index (χ0) is 13.6. The van der Waals surface area contributed by atoms with E-state index >= 15 is 0 Å². The molecule has 1 fully saturated rings. The van der Waals surface area contributed by atoms with Crippen LogP contribution in [0.15, 0.2) is 18.2 Å². The number of benzene rings is 1. The summed E-state index contributed by atoms with van der Waals surface area (Å²) in [6, 6.07) is 6.03. The number of rotatable bonds is 3. The maximum absolute atomic E-state index is 11.2. The lowest BCUT2D eigenvalue weighted by atomic mass is 10.1. The highest BCUT2D eigenvalue weighted by Gasteiger charge is 2.34. The lowest BCUT2D eigenvalue weighted by Crippen LogP contribution is -2.07. The Morgan fingerprint density at radius 2 is 2.21 bits per heavy atom. The summed E-state index contributed by atoms with van der Waals surface area (Å²) in [5, 5.41) is 17.1. The second-order valence-corrected chi connectivity index (χ2v) is 5.99. The third-order valence-electron chi connectivity index (χ3n) is 3.27. The second-order valence-electron chi connectivity index (χ2n) is 4.75. The average molecular weight is 369 g/mol. The Morgan fingerprint density at radius 3 is 2.84 bits per heavy atom. The molecule has 2 aromatic rings. The second kappa shape index (κ2) is 4.59. The van der Waals surface area contributed by atoms with Gasteiger partial charge in [0.25, 0.3) is 0 Å². The van der Waals surface area contributed by atoms with E-state index in [-0.39, 0.29) is 11.6 Å². The molecule has 98 valence electrons. The van der Waals surface area contributed by atoms with Crippen LogP contribution < -0.4 is 0 Å². The number of nitrogens with zero attached hydrogens (tertiary/aromatic N) is 3. The molecule has 5 nitrogen and oxygen atoms in total. The number of halogens is 1. The minimum atomic E-state index is -1.00. The fraction of sp³-hybridized carbons (Fsp3) is 0.308. The van der Waals surface area contributed by atoms with Crippen molar-refractivity contribution in [2.24, 2.45) is 0 Å². The monoisotopic (exact) mass is 369 g/mol. The van der Waals surface area contributed by atoms with E-state index in [1.807, 2.05) is 25.1 Å². The Bertz CT molecular complexity index is 662. The largest absolute Gasteiger partial charge is 0.476 e. The highest BCUT2D eigenvalue weighted by atomic mass is 127. The molecule has 1 N–H and O–H groups in total. The normalized spacial score (nSPS) is 14.6. The van der Waals surface area contributed by atoms with E-state index in [4.69, 9.17) is 0 Å². The van der Waals surface area contributed by atoms with Gasteiger partial charge in [-0.3, -0.25) is 0 Å². The van der Waals surface area contributed by atoms with Gasteiger partial charge in [-0.2, -0.15) is 0 Å². The topological polar surface area (TPSA) is 68.0 Å². The summed E-state index contributed by atoms with van der Waals surface area (Å²) in [4.78, 5) is 11.2. The molecule has 6 heteroatoms. The Balaban J connectivity index is 2.20. The number of carbonyl (C=O) groups is 1. The van der Waals surface area contributed by atoms with E-state index in [0.29, 0.717) is 0 Å². The predicted octanol–water partition coefficient (Wildman–Crippen LogP) is 2.76. The molecule has 19 heavy (non-hydrogen) atoms. The summed E-state index contributed by atoms with van der Waals surface area (Å²) >= 11 is 2.24. The van der Waals surface area contributed by atoms with Crippen molar-refractivity contribution >= 4 is 28.6 Å². The number of carboxylic acid groups (broad SMARTS) is 1. The van der Waals surface area contributed by atoms with Gasteiger partial charge in [-0.15, -0.1) is 5.10 Å². The first kappa shape index (κ1) is 12.6. The van der Waals surface area contributed by atoms with Gasteiger partial charge in [-0.1, -0.05) is 11.3 Å². The highest BCUT2D eigenvalue weighted by Crippen LogP contribution is 2.42. The van der Waals surface area contributed by atoms with Crippen LogP contribution in [0.5, 0.6) is 0 Å². The molecular weight excluding hydrogens is 357 g/mol. The summed E-state index contributed by atoms with van der Waals surface area (Å²) in [7, 11) is 0. The summed E-state index contributed by atoms with van der Waals surface area (Å²) in [5.41, 5.74) is 2.79. The molecule has 1 aliphatic rings. The molecule has 1 saturated carbocycles. The van der Waals surface area contributed by atoms with Gasteiger partial charge in [0.05, 0.1) is 11.4 Å². The van der Waals surface area contributed by atoms with Gasteiger partial charge < -0.3 is 5.11 Å². The summed E-state index contributed by atoms with van der Waals surface area (Å²) in [6.07, 6.45) is 2.02. The van der Waals surface area contributed by atoms with Gasteiger partial charge in [0.2, 0.25) is 0 Å². The third-order valence-corrected chi connectivity index (χ3v) is 3.94. The van der Waals surface area contributed by atoms with E-state index in [1.54, 1.807) is 4.68 Å². The first-order chi connectivity index (χ1) is 9.08. The Kier molecular flexibility index (Phi) is 3.04. The van der Waals surface area contributed by atoms with Crippen LogP contribution >= 0.6 is 22.6 Å². The molecule has 0 unspecified atom stereocenters. The van der Waals surface area contributed by atoms with Crippen LogP contribution in [0, 0.1) is 10.5 Å². The van der Waals surface area contributed by atoms with Crippen molar-refractivity contribution in [3.63, 3.8) is 0 Å². The predicted molar refractivity (Wildman–Crippen MR) is 77.7 cm³/mol. The van der Waals surface area contributed by atoms with Gasteiger partial charge >= 0.3 is 5.97 Å². The lowest BCUT2D eigenvalue weighted by molar-refractivity contribution is 0.0689. The molecule has 1 aromatic carbocycles. The number of hydrogen-bond acceptors (Lipinski definition) is 3. The SMILES string of the molecule is Cc1ccc(I)cc1-n1nnc(C(=O)O)c1C1CC1. The number of aromatic carboxylic acids is 1. The smallest absolute Gasteiger partial charge is 0.358 e. The van der Waals surface area contributed by atoms with Crippen molar-refractivity contribution in [1.82, 2.24) is 15.0 Å². The fourth-order valence-corrected chi connectivity index (χ4v) is 2.63. The van der Waals surface area contributed by atoms with E-state index in [2.05, 4.69) is 32.9 Å². The van der Waals surface area contributed by atoms with Crippen LogP contribution in [-0.4, -0.2) is 26.1 Å². The summed E-state index contributed by atoms with van der Waals surface area (Å²) < 4.78 is 2.78. The van der Waals surface area contributed by atoms with Gasteiger partial charge in [0.1, 0.15) is 0 Å². The quantitative estimate of drug-likeness (QED) is 0.845. The summed E-state index contributed by atoms with van der Waals surface area (Å²) in [5.74, 6) is -0.727. The van der Waals surface area contributed by atoms with E-state index < -0.39 is 5.97 Å². The van der Waals surface area contributed by atoms with E-state index in [9.17, 15) is 9.90 Å². The van der Waals surface area contributed by atoms with E-state index in [0.717, 1.165) is 33.4 Å². The molecule has 1 aliphatic carbocycles. The van der Waals surface area contributed by atoms with Gasteiger partial charge in [0.15, 0.2) is 5.69 Å². The third kappa shape index (κ3) is 2.24. The maximum atomic E-state index is 11.2. The summed E-state index contributed by atoms with van der Waals surface area (Å²) in [6.45, 7) is 1.99. The van der Waals surface area contributed by atoms with Crippen LogP contribution in [0.25, 0.3) is 5.69 Å². The minimum Gasteiger partial charge on any atom is -0.476 e. The molecule has 1 aromatic heterocycles. The molecule has 0 spiro atoms. The highest BCUT2D eigenvalue weighted by molar-refractivity contribution is 14.1. The molecule has 0 aliphatic heterocycles. The van der Waals surface area contributed by atoms with E-state index in [1.165, 1.54) is 0 Å². The van der Waals surface area contributed by atoms with Gasteiger partial charge in [-0.25, -0.2) is 9.48 Å². The number of aryl methyl sites for hydroxylation is 1. The van der Waals surface area contributed by atoms with Crippen molar-refractivity contribution in [3.05, 3.63) is 38.7 Å². The van der Waals surface area contributed by atoms with Crippen LogP contribution in [0.1, 0.15) is 40.5 Å². The molecule has 0 bridgehead atoms. The van der Waals surface area contributed by atoms with Crippen molar-refractivity contribution < 1.29 is 9.90 Å². The number of hydrogen-bond donors (Lipinski definition) is 1.